The minimum Gasteiger partial charge on any atom is -0.465 e. The van der Waals surface area contributed by atoms with Crippen molar-refractivity contribution < 1.29 is 30.0 Å². The standard InChI is InChI=1S/C2H6O2.2CH3NO2/c3-1-2-4;2*2-1(3)4/h3-4H,1-2H2;2*2H2,(H,3,4). The Hall–Kier alpha value is -1.54. The molecule has 8 heteroatoms. The average Bonchev–Trinajstić information content (AvgIpc) is 1.85. The van der Waals surface area contributed by atoms with Gasteiger partial charge < -0.3 is 31.9 Å². The Bertz CT molecular complexity index is 94.1. The minimum absolute atomic E-state index is 0.125. The molecule has 0 atom stereocenters. The van der Waals surface area contributed by atoms with Crippen LogP contribution in [0.3, 0.4) is 0 Å². The van der Waals surface area contributed by atoms with E-state index in [4.69, 9.17) is 30.0 Å². The minimum atomic E-state index is -1.33. The fraction of sp³-hybridized carbons (Fsp3) is 0.500. The molecule has 0 aliphatic carbocycles. The lowest BCUT2D eigenvalue weighted by Crippen LogP contribution is -2.03. The number of carbonyl (C=O) groups is 2. The van der Waals surface area contributed by atoms with Gasteiger partial charge in [-0.05, 0) is 0 Å². The molecule has 0 saturated carbocycles. The van der Waals surface area contributed by atoms with Crippen LogP contribution in [0.5, 0.6) is 0 Å². The number of rotatable bonds is 1. The lowest BCUT2D eigenvalue weighted by atomic mass is 10.8. The molecule has 0 rings (SSSR count). The molecular formula is C4H12N2O6. The maximum atomic E-state index is 8.78. The van der Waals surface area contributed by atoms with E-state index in [0.29, 0.717) is 0 Å². The molecule has 0 unspecified atom stereocenters. The zero-order chi connectivity index (χ0) is 10.6. The second-order valence-corrected chi connectivity index (χ2v) is 1.12. The van der Waals surface area contributed by atoms with Crippen molar-refractivity contribution in [3.63, 3.8) is 0 Å². The Kier molecular flexibility index (Phi) is 22.7. The molecule has 8 nitrogen and oxygen atoms in total. The first-order valence-corrected chi connectivity index (χ1v) is 2.57. The Morgan fingerprint density at radius 2 is 1.00 bits per heavy atom. The van der Waals surface area contributed by atoms with Crippen molar-refractivity contribution in [2.24, 2.45) is 11.5 Å². The summed E-state index contributed by atoms with van der Waals surface area (Å²) < 4.78 is 0. The molecule has 0 saturated heterocycles. The summed E-state index contributed by atoms with van der Waals surface area (Å²) in [6.45, 7) is -0.250. The van der Waals surface area contributed by atoms with E-state index in [9.17, 15) is 0 Å². The SMILES string of the molecule is NC(=O)O.NC(=O)O.OCCO. The highest BCUT2D eigenvalue weighted by Crippen LogP contribution is 1.39. The van der Waals surface area contributed by atoms with Crippen LogP contribution in [0.2, 0.25) is 0 Å². The summed E-state index contributed by atoms with van der Waals surface area (Å²) in [6, 6.07) is 0. The first kappa shape index (κ1) is 16.8. The van der Waals surface area contributed by atoms with Crippen molar-refractivity contribution in [1.29, 1.82) is 0 Å². The molecule has 8 N–H and O–H groups in total. The molecule has 0 aromatic heterocycles. The van der Waals surface area contributed by atoms with Crippen LogP contribution in [0.25, 0.3) is 0 Å². The Morgan fingerprint density at radius 3 is 1.00 bits per heavy atom. The number of aliphatic hydroxyl groups excluding tert-OH is 2. The molecule has 0 fully saturated rings. The maximum Gasteiger partial charge on any atom is 0.402 e. The number of primary amides is 2. The van der Waals surface area contributed by atoms with Gasteiger partial charge in [-0.15, -0.1) is 0 Å². The molecule has 74 valence electrons. The van der Waals surface area contributed by atoms with E-state index in [0.717, 1.165) is 0 Å². The van der Waals surface area contributed by atoms with Crippen LogP contribution in [0.15, 0.2) is 0 Å². The van der Waals surface area contributed by atoms with E-state index >= 15 is 0 Å². The largest absolute Gasteiger partial charge is 0.465 e. The molecule has 0 bridgehead atoms. The van der Waals surface area contributed by atoms with E-state index < -0.39 is 12.2 Å². The van der Waals surface area contributed by atoms with Crippen LogP contribution < -0.4 is 11.5 Å². The number of carboxylic acid groups (broad SMARTS) is 2. The first-order valence-electron chi connectivity index (χ1n) is 2.57. The van der Waals surface area contributed by atoms with Gasteiger partial charge in [0.2, 0.25) is 0 Å². The molecule has 12 heavy (non-hydrogen) atoms. The van der Waals surface area contributed by atoms with Gasteiger partial charge in [0.1, 0.15) is 0 Å². The third-order valence-electron chi connectivity index (χ3n) is 0.1000. The van der Waals surface area contributed by atoms with Crippen LogP contribution in [-0.2, 0) is 0 Å². The third-order valence-corrected chi connectivity index (χ3v) is 0.1000. The van der Waals surface area contributed by atoms with Gasteiger partial charge in [0.05, 0.1) is 13.2 Å². The molecule has 0 aliphatic heterocycles. The van der Waals surface area contributed by atoms with E-state index in [-0.39, 0.29) is 13.2 Å². The normalized spacial score (nSPS) is 6.50. The smallest absolute Gasteiger partial charge is 0.402 e. The summed E-state index contributed by atoms with van der Waals surface area (Å²) in [5.74, 6) is 0. The van der Waals surface area contributed by atoms with Gasteiger partial charge in [0.25, 0.3) is 0 Å². The quantitative estimate of drug-likeness (QED) is 0.281. The second-order valence-electron chi connectivity index (χ2n) is 1.12. The topological polar surface area (TPSA) is 167 Å². The van der Waals surface area contributed by atoms with Crippen molar-refractivity contribution in [3.05, 3.63) is 0 Å². The average molecular weight is 184 g/mol. The van der Waals surface area contributed by atoms with Crippen molar-refractivity contribution in [3.8, 4) is 0 Å². The summed E-state index contributed by atoms with van der Waals surface area (Å²) in [7, 11) is 0. The molecule has 0 aromatic carbocycles. The second kappa shape index (κ2) is 16.2. The van der Waals surface area contributed by atoms with Crippen LogP contribution in [0, 0.1) is 0 Å². The van der Waals surface area contributed by atoms with Gasteiger partial charge in [-0.2, -0.15) is 0 Å². The molecule has 0 aliphatic rings. The fourth-order valence-electron chi connectivity index (χ4n) is 0. The van der Waals surface area contributed by atoms with Gasteiger partial charge in [-0.1, -0.05) is 0 Å². The Labute approximate surface area is 68.0 Å². The maximum absolute atomic E-state index is 8.78. The first-order chi connectivity index (χ1) is 5.38. The van der Waals surface area contributed by atoms with Gasteiger partial charge in [-0.25, -0.2) is 9.59 Å². The Morgan fingerprint density at radius 1 is 0.917 bits per heavy atom. The monoisotopic (exact) mass is 184 g/mol. The van der Waals surface area contributed by atoms with Crippen LogP contribution in [0.1, 0.15) is 0 Å². The predicted molar refractivity (Wildman–Crippen MR) is 38.6 cm³/mol. The fourth-order valence-corrected chi connectivity index (χ4v) is 0. The number of hydrogen-bond donors (Lipinski definition) is 6. The molecular weight excluding hydrogens is 172 g/mol. The van der Waals surface area contributed by atoms with Gasteiger partial charge >= 0.3 is 12.2 Å². The van der Waals surface area contributed by atoms with Crippen molar-refractivity contribution in [2.45, 2.75) is 0 Å². The molecule has 0 spiro atoms. The lowest BCUT2D eigenvalue weighted by Gasteiger charge is -1.70. The number of amides is 2. The number of hydrogen-bond acceptors (Lipinski definition) is 4. The third kappa shape index (κ3) is 1610. The van der Waals surface area contributed by atoms with E-state index in [2.05, 4.69) is 11.5 Å². The predicted octanol–water partition coefficient (Wildman–Crippen LogP) is -1.78. The van der Waals surface area contributed by atoms with Gasteiger partial charge in [0.15, 0.2) is 0 Å². The van der Waals surface area contributed by atoms with Crippen molar-refractivity contribution in [2.75, 3.05) is 13.2 Å². The highest BCUT2D eigenvalue weighted by atomic mass is 16.4. The van der Waals surface area contributed by atoms with Crippen LogP contribution in [0.4, 0.5) is 9.59 Å². The molecule has 0 heterocycles. The highest BCUT2D eigenvalue weighted by Gasteiger charge is 1.65. The summed E-state index contributed by atoms with van der Waals surface area (Å²) in [6.07, 6.45) is -2.67. The number of aliphatic hydroxyl groups is 2. The lowest BCUT2D eigenvalue weighted by molar-refractivity contribution is 0.186. The molecule has 0 aromatic rings. The summed E-state index contributed by atoms with van der Waals surface area (Å²) in [4.78, 5) is 17.6. The Balaban J connectivity index is -0.000000101. The van der Waals surface area contributed by atoms with E-state index in [1.165, 1.54) is 0 Å². The summed E-state index contributed by atoms with van der Waals surface area (Å²) in [5, 5.41) is 29.6. The van der Waals surface area contributed by atoms with Crippen LogP contribution in [-0.4, -0.2) is 45.8 Å². The van der Waals surface area contributed by atoms with Gasteiger partial charge in [-0.3, -0.25) is 0 Å². The summed E-state index contributed by atoms with van der Waals surface area (Å²) >= 11 is 0. The molecule has 0 radical (unpaired) electrons. The highest BCUT2D eigenvalue weighted by molar-refractivity contribution is 5.61. The van der Waals surface area contributed by atoms with Gasteiger partial charge in [0, 0.05) is 0 Å². The zero-order valence-electron chi connectivity index (χ0n) is 6.17. The van der Waals surface area contributed by atoms with Crippen LogP contribution >= 0.6 is 0 Å². The van der Waals surface area contributed by atoms with E-state index in [1.807, 2.05) is 0 Å². The van der Waals surface area contributed by atoms with Crippen molar-refractivity contribution >= 4 is 12.2 Å². The zero-order valence-corrected chi connectivity index (χ0v) is 6.17. The van der Waals surface area contributed by atoms with Crippen molar-refractivity contribution in [1.82, 2.24) is 0 Å². The summed E-state index contributed by atoms with van der Waals surface area (Å²) in [5.41, 5.74) is 8.06. The number of nitrogens with two attached hydrogens (primary N) is 2. The molecule has 2 amide bonds. The van der Waals surface area contributed by atoms with E-state index in [1.54, 1.807) is 0 Å².